The van der Waals surface area contributed by atoms with Crippen LogP contribution < -0.4 is 15.1 Å². The van der Waals surface area contributed by atoms with E-state index in [1.54, 1.807) is 6.07 Å². The van der Waals surface area contributed by atoms with Gasteiger partial charge in [0.2, 0.25) is 5.75 Å². The van der Waals surface area contributed by atoms with Crippen LogP contribution in [-0.4, -0.2) is 17.8 Å². The largest absolute Gasteiger partial charge is 0.508 e. The molecule has 0 aliphatic carbocycles. The molecule has 23 heavy (non-hydrogen) atoms. The Morgan fingerprint density at radius 2 is 2.04 bits per heavy atom. The fraction of sp³-hybridized carbons (Fsp3) is 0.389. The first-order valence-corrected chi connectivity index (χ1v) is 7.77. The number of fused-ring (bicyclic) bond motifs is 1. The second-order valence-corrected chi connectivity index (χ2v) is 5.41. The molecule has 0 unspecified atom stereocenters. The number of hydrogen-bond acceptors (Lipinski definition) is 5. The van der Waals surface area contributed by atoms with E-state index in [0.717, 1.165) is 6.42 Å². The molecule has 0 aliphatic rings. The zero-order valence-corrected chi connectivity index (χ0v) is 13.7. The van der Waals surface area contributed by atoms with E-state index in [1.807, 2.05) is 26.0 Å². The molecule has 5 heteroatoms. The Kier molecular flexibility index (Phi) is 5.68. The normalized spacial score (nSPS) is 11.5. The highest BCUT2D eigenvalue weighted by molar-refractivity contribution is 5.86. The Morgan fingerprint density at radius 1 is 1.26 bits per heavy atom. The maximum Gasteiger partial charge on any atom is 0.383 e. The number of phenolic OH excluding ortho intramolecular Hbond substituents is 1. The first-order chi connectivity index (χ1) is 11.0. The molecule has 2 aromatic rings. The van der Waals surface area contributed by atoms with Gasteiger partial charge >= 0.3 is 5.63 Å². The number of phenols is 1. The van der Waals surface area contributed by atoms with Crippen LogP contribution in [0.5, 0.6) is 17.2 Å². The molecule has 0 radical (unpaired) electrons. The molecule has 0 aliphatic heterocycles. The number of rotatable bonds is 7. The fourth-order valence-electron chi connectivity index (χ4n) is 2.14. The van der Waals surface area contributed by atoms with Crippen LogP contribution in [-0.2, 0) is 0 Å². The molecule has 0 fully saturated rings. The van der Waals surface area contributed by atoms with Crippen molar-refractivity contribution in [2.24, 2.45) is 0 Å². The molecule has 5 nitrogen and oxygen atoms in total. The van der Waals surface area contributed by atoms with Crippen molar-refractivity contribution in [2.75, 3.05) is 6.61 Å². The number of ether oxygens (including phenoxy) is 2. The lowest BCUT2D eigenvalue weighted by Crippen LogP contribution is -2.14. The van der Waals surface area contributed by atoms with Gasteiger partial charge in [-0.25, -0.2) is 4.79 Å². The molecule has 0 bridgehead atoms. The first-order valence-electron chi connectivity index (χ1n) is 7.77. The number of aromatic hydroxyl groups is 1. The summed E-state index contributed by atoms with van der Waals surface area (Å²) < 4.78 is 16.6. The Bertz CT molecular complexity index is 743. The maximum atomic E-state index is 12.2. The second-order valence-electron chi connectivity index (χ2n) is 5.41. The van der Waals surface area contributed by atoms with Crippen LogP contribution in [0.1, 0.15) is 33.6 Å². The van der Waals surface area contributed by atoms with E-state index >= 15 is 0 Å². The summed E-state index contributed by atoms with van der Waals surface area (Å²) in [5, 5.41) is 10.1. The van der Waals surface area contributed by atoms with Crippen molar-refractivity contribution in [1.82, 2.24) is 0 Å². The lowest BCUT2D eigenvalue weighted by atomic mass is 10.2. The van der Waals surface area contributed by atoms with Crippen LogP contribution in [0, 0.1) is 0 Å². The molecule has 1 N–H and O–H groups in total. The van der Waals surface area contributed by atoms with Gasteiger partial charge in [-0.1, -0.05) is 19.1 Å². The van der Waals surface area contributed by atoms with Gasteiger partial charge in [0.25, 0.3) is 0 Å². The van der Waals surface area contributed by atoms with Crippen LogP contribution in [0.25, 0.3) is 11.0 Å². The monoisotopic (exact) mass is 318 g/mol. The van der Waals surface area contributed by atoms with Gasteiger partial charge in [-0.05, 0) is 38.8 Å². The Hall–Kier alpha value is -2.43. The molecule has 1 aromatic heterocycles. The molecular weight excluding hydrogens is 296 g/mol. The van der Waals surface area contributed by atoms with Gasteiger partial charge in [-0.3, -0.25) is 0 Å². The Labute approximate surface area is 135 Å². The van der Waals surface area contributed by atoms with E-state index in [9.17, 15) is 9.90 Å². The molecule has 2 rings (SSSR count). The third kappa shape index (κ3) is 4.28. The lowest BCUT2D eigenvalue weighted by Gasteiger charge is -2.15. The van der Waals surface area contributed by atoms with Crippen molar-refractivity contribution in [3.05, 3.63) is 40.8 Å². The number of hydrogen-bond donors (Lipinski definition) is 1. The van der Waals surface area contributed by atoms with Gasteiger partial charge in [0.05, 0.1) is 18.1 Å². The third-order valence-electron chi connectivity index (χ3n) is 3.09. The number of allylic oxidation sites excluding steroid dienone is 1. The van der Waals surface area contributed by atoms with E-state index in [1.165, 1.54) is 12.1 Å². The number of benzene rings is 1. The quantitative estimate of drug-likeness (QED) is 0.474. The SMILES string of the molecule is CC/C=C/CCOc1c(OC(C)C)c2ccc(O)cc2oc1=O. The molecule has 0 saturated heterocycles. The van der Waals surface area contributed by atoms with Crippen LogP contribution in [0.4, 0.5) is 0 Å². The maximum absolute atomic E-state index is 12.2. The predicted octanol–water partition coefficient (Wildman–Crippen LogP) is 4.02. The summed E-state index contributed by atoms with van der Waals surface area (Å²) in [6.45, 7) is 6.15. The first kappa shape index (κ1) is 16.9. The fourth-order valence-corrected chi connectivity index (χ4v) is 2.14. The smallest absolute Gasteiger partial charge is 0.383 e. The molecule has 124 valence electrons. The molecule has 0 amide bonds. The molecular formula is C18H22O5. The summed E-state index contributed by atoms with van der Waals surface area (Å²) in [7, 11) is 0. The van der Waals surface area contributed by atoms with Crippen molar-refractivity contribution >= 4 is 11.0 Å². The van der Waals surface area contributed by atoms with Gasteiger partial charge in [0.15, 0.2) is 5.75 Å². The Morgan fingerprint density at radius 3 is 2.74 bits per heavy atom. The molecule has 0 atom stereocenters. The average Bonchev–Trinajstić information content (AvgIpc) is 2.48. The van der Waals surface area contributed by atoms with E-state index in [4.69, 9.17) is 13.9 Å². The summed E-state index contributed by atoms with van der Waals surface area (Å²) >= 11 is 0. The van der Waals surface area contributed by atoms with Crippen molar-refractivity contribution in [3.63, 3.8) is 0 Å². The van der Waals surface area contributed by atoms with Crippen molar-refractivity contribution in [2.45, 2.75) is 39.7 Å². The minimum Gasteiger partial charge on any atom is -0.508 e. The van der Waals surface area contributed by atoms with Gasteiger partial charge in [-0.2, -0.15) is 0 Å². The predicted molar refractivity (Wildman–Crippen MR) is 89.5 cm³/mol. The lowest BCUT2D eigenvalue weighted by molar-refractivity contribution is 0.219. The highest BCUT2D eigenvalue weighted by Crippen LogP contribution is 2.35. The average molecular weight is 318 g/mol. The zero-order chi connectivity index (χ0) is 16.8. The van der Waals surface area contributed by atoms with Crippen LogP contribution >= 0.6 is 0 Å². The van der Waals surface area contributed by atoms with Crippen molar-refractivity contribution < 1.29 is 19.0 Å². The highest BCUT2D eigenvalue weighted by atomic mass is 16.5. The van der Waals surface area contributed by atoms with Gasteiger partial charge in [0.1, 0.15) is 11.3 Å². The molecule has 0 spiro atoms. The van der Waals surface area contributed by atoms with E-state index in [0.29, 0.717) is 24.2 Å². The molecule has 0 saturated carbocycles. The zero-order valence-electron chi connectivity index (χ0n) is 13.7. The van der Waals surface area contributed by atoms with Crippen LogP contribution in [0.15, 0.2) is 39.6 Å². The highest BCUT2D eigenvalue weighted by Gasteiger charge is 2.19. The molecule has 1 heterocycles. The van der Waals surface area contributed by atoms with Gasteiger partial charge in [0, 0.05) is 6.07 Å². The topological polar surface area (TPSA) is 68.9 Å². The van der Waals surface area contributed by atoms with Gasteiger partial charge < -0.3 is 19.0 Å². The van der Waals surface area contributed by atoms with E-state index in [-0.39, 0.29) is 23.2 Å². The van der Waals surface area contributed by atoms with Crippen LogP contribution in [0.3, 0.4) is 0 Å². The van der Waals surface area contributed by atoms with E-state index in [2.05, 4.69) is 6.92 Å². The Balaban J connectivity index is 2.40. The van der Waals surface area contributed by atoms with E-state index < -0.39 is 5.63 Å². The van der Waals surface area contributed by atoms with Gasteiger partial charge in [-0.15, -0.1) is 0 Å². The van der Waals surface area contributed by atoms with Crippen LogP contribution in [0.2, 0.25) is 0 Å². The minimum atomic E-state index is -0.613. The molecule has 1 aromatic carbocycles. The summed E-state index contributed by atoms with van der Waals surface area (Å²) in [6.07, 6.45) is 5.58. The summed E-state index contributed by atoms with van der Waals surface area (Å²) in [5.41, 5.74) is -0.345. The summed E-state index contributed by atoms with van der Waals surface area (Å²) in [4.78, 5) is 12.2. The van der Waals surface area contributed by atoms with Crippen molar-refractivity contribution in [1.29, 1.82) is 0 Å². The standard InChI is InChI=1S/C18H22O5/c1-4-5-6-7-10-21-17-16(22-12(2)3)14-9-8-13(19)11-15(14)23-18(17)20/h5-6,8-9,11-12,19H,4,7,10H2,1-3H3/b6-5+. The summed E-state index contributed by atoms with van der Waals surface area (Å²) in [5.74, 6) is 0.446. The minimum absolute atomic E-state index is 0.0227. The second kappa shape index (κ2) is 7.72. The third-order valence-corrected chi connectivity index (χ3v) is 3.09. The summed E-state index contributed by atoms with van der Waals surface area (Å²) in [6, 6.07) is 4.55. The van der Waals surface area contributed by atoms with Crippen molar-refractivity contribution in [3.8, 4) is 17.2 Å².